The minimum Gasteiger partial charge on any atom is -0.457 e. The first kappa shape index (κ1) is 13.5. The highest BCUT2D eigenvalue weighted by molar-refractivity contribution is 5.81. The van der Waals surface area contributed by atoms with Crippen molar-refractivity contribution in [1.29, 1.82) is 0 Å². The van der Waals surface area contributed by atoms with Gasteiger partial charge in [0, 0.05) is 10.9 Å². The number of rotatable bonds is 3. The molecule has 2 nitrogen and oxygen atoms in total. The van der Waals surface area contributed by atoms with E-state index >= 15 is 0 Å². The van der Waals surface area contributed by atoms with Crippen LogP contribution in [0.15, 0.2) is 91.0 Å². The Kier molecular flexibility index (Phi) is 3.49. The van der Waals surface area contributed by atoms with Gasteiger partial charge in [0.2, 0.25) is 0 Å². The van der Waals surface area contributed by atoms with Crippen LogP contribution in [-0.2, 0) is 0 Å². The maximum absolute atomic E-state index is 5.82. The molecular formula is C21H15NO. The Hall–Kier alpha value is -3.13. The van der Waals surface area contributed by atoms with Crippen molar-refractivity contribution in [1.82, 2.24) is 4.98 Å². The number of nitrogens with zero attached hydrogens (tertiary/aromatic N) is 1. The van der Waals surface area contributed by atoms with E-state index in [-0.39, 0.29) is 0 Å². The van der Waals surface area contributed by atoms with Crippen molar-refractivity contribution in [3.8, 4) is 22.8 Å². The van der Waals surface area contributed by atoms with Crippen molar-refractivity contribution in [2.75, 3.05) is 0 Å². The number of fused-ring (bicyclic) bond motifs is 1. The van der Waals surface area contributed by atoms with Crippen molar-refractivity contribution in [3.63, 3.8) is 0 Å². The van der Waals surface area contributed by atoms with E-state index < -0.39 is 0 Å². The summed E-state index contributed by atoms with van der Waals surface area (Å²) in [6.07, 6.45) is 0. The Morgan fingerprint density at radius 3 is 2.09 bits per heavy atom. The van der Waals surface area contributed by atoms with Gasteiger partial charge in [-0.3, -0.25) is 0 Å². The van der Waals surface area contributed by atoms with Gasteiger partial charge in [-0.25, -0.2) is 4.98 Å². The molecule has 0 radical (unpaired) electrons. The third-order valence-corrected chi connectivity index (χ3v) is 3.73. The van der Waals surface area contributed by atoms with E-state index in [1.165, 1.54) is 0 Å². The summed E-state index contributed by atoms with van der Waals surface area (Å²) in [4.78, 5) is 4.72. The molecule has 0 amide bonds. The Balaban J connectivity index is 1.61. The highest BCUT2D eigenvalue weighted by Gasteiger charge is 2.02. The lowest BCUT2D eigenvalue weighted by Crippen LogP contribution is -1.86. The van der Waals surface area contributed by atoms with Gasteiger partial charge >= 0.3 is 0 Å². The van der Waals surface area contributed by atoms with Crippen LogP contribution in [-0.4, -0.2) is 4.98 Å². The molecule has 0 saturated heterocycles. The summed E-state index contributed by atoms with van der Waals surface area (Å²) in [5.41, 5.74) is 3.06. The lowest BCUT2D eigenvalue weighted by Gasteiger charge is -2.07. The van der Waals surface area contributed by atoms with Gasteiger partial charge in [-0.15, -0.1) is 0 Å². The van der Waals surface area contributed by atoms with E-state index in [4.69, 9.17) is 9.72 Å². The molecule has 0 aliphatic heterocycles. The van der Waals surface area contributed by atoms with Crippen LogP contribution in [0.25, 0.3) is 22.2 Å². The fraction of sp³-hybridized carbons (Fsp3) is 0. The Morgan fingerprint density at radius 2 is 1.26 bits per heavy atom. The molecular weight excluding hydrogens is 282 g/mol. The van der Waals surface area contributed by atoms with Gasteiger partial charge in [0.15, 0.2) is 0 Å². The van der Waals surface area contributed by atoms with Crippen LogP contribution in [0.3, 0.4) is 0 Å². The molecule has 0 atom stereocenters. The fourth-order valence-corrected chi connectivity index (χ4v) is 2.55. The van der Waals surface area contributed by atoms with Gasteiger partial charge in [-0.1, -0.05) is 42.5 Å². The number of benzene rings is 3. The summed E-state index contributed by atoms with van der Waals surface area (Å²) in [6.45, 7) is 0. The number of ether oxygens (including phenoxy) is 1. The van der Waals surface area contributed by atoms with E-state index in [2.05, 4.69) is 18.2 Å². The highest BCUT2D eigenvalue weighted by atomic mass is 16.5. The zero-order valence-corrected chi connectivity index (χ0v) is 12.5. The topological polar surface area (TPSA) is 22.1 Å². The van der Waals surface area contributed by atoms with Crippen LogP contribution < -0.4 is 4.74 Å². The van der Waals surface area contributed by atoms with Crippen LogP contribution in [0.5, 0.6) is 11.5 Å². The average Bonchev–Trinajstić information content (AvgIpc) is 2.63. The summed E-state index contributed by atoms with van der Waals surface area (Å²) >= 11 is 0. The van der Waals surface area contributed by atoms with Crippen LogP contribution in [0, 0.1) is 0 Å². The van der Waals surface area contributed by atoms with E-state index in [0.717, 1.165) is 33.7 Å². The average molecular weight is 297 g/mol. The number of hydrogen-bond acceptors (Lipinski definition) is 2. The molecule has 0 aliphatic rings. The van der Waals surface area contributed by atoms with Crippen LogP contribution in [0.4, 0.5) is 0 Å². The van der Waals surface area contributed by atoms with Gasteiger partial charge in [-0.2, -0.15) is 0 Å². The van der Waals surface area contributed by atoms with Gasteiger partial charge in [0.1, 0.15) is 11.5 Å². The number of hydrogen-bond donors (Lipinski definition) is 0. The molecule has 0 fully saturated rings. The maximum Gasteiger partial charge on any atom is 0.127 e. The van der Waals surface area contributed by atoms with E-state index in [1.807, 2.05) is 72.8 Å². The second-order valence-electron chi connectivity index (χ2n) is 5.33. The molecule has 0 unspecified atom stereocenters. The second-order valence-corrected chi connectivity index (χ2v) is 5.33. The Labute approximate surface area is 135 Å². The van der Waals surface area contributed by atoms with Crippen molar-refractivity contribution in [2.45, 2.75) is 0 Å². The van der Waals surface area contributed by atoms with Crippen LogP contribution in [0.1, 0.15) is 0 Å². The predicted octanol–water partition coefficient (Wildman–Crippen LogP) is 5.69. The molecule has 4 rings (SSSR count). The SMILES string of the molecule is c1ccc(Oc2ccc(-c3ccc4ccccc4n3)cc2)cc1. The molecule has 0 N–H and O–H groups in total. The molecule has 0 bridgehead atoms. The highest BCUT2D eigenvalue weighted by Crippen LogP contribution is 2.26. The van der Waals surface area contributed by atoms with E-state index in [9.17, 15) is 0 Å². The fourth-order valence-electron chi connectivity index (χ4n) is 2.55. The standard InChI is InChI=1S/C21H15NO/c1-2-7-18(8-3-1)23-19-13-10-17(11-14-19)21-15-12-16-6-4-5-9-20(16)22-21/h1-15H. The number of para-hydroxylation sites is 2. The summed E-state index contributed by atoms with van der Waals surface area (Å²) in [5, 5.41) is 1.15. The Bertz CT molecular complexity index is 930. The van der Waals surface area contributed by atoms with Crippen molar-refractivity contribution in [3.05, 3.63) is 91.0 Å². The zero-order chi connectivity index (χ0) is 15.5. The molecule has 0 spiro atoms. The van der Waals surface area contributed by atoms with Crippen molar-refractivity contribution >= 4 is 10.9 Å². The first-order valence-electron chi connectivity index (χ1n) is 7.58. The first-order valence-corrected chi connectivity index (χ1v) is 7.58. The molecule has 1 heterocycles. The molecule has 1 aromatic heterocycles. The van der Waals surface area contributed by atoms with Crippen molar-refractivity contribution in [2.24, 2.45) is 0 Å². The Morgan fingerprint density at radius 1 is 0.565 bits per heavy atom. The minimum absolute atomic E-state index is 0.820. The first-order chi connectivity index (χ1) is 11.4. The van der Waals surface area contributed by atoms with Gasteiger partial charge in [0.25, 0.3) is 0 Å². The minimum atomic E-state index is 0.820. The molecule has 0 saturated carbocycles. The van der Waals surface area contributed by atoms with Crippen molar-refractivity contribution < 1.29 is 4.74 Å². The van der Waals surface area contributed by atoms with Crippen LogP contribution >= 0.6 is 0 Å². The zero-order valence-electron chi connectivity index (χ0n) is 12.5. The lowest BCUT2D eigenvalue weighted by atomic mass is 10.1. The van der Waals surface area contributed by atoms with Gasteiger partial charge in [0.05, 0.1) is 11.2 Å². The third kappa shape index (κ3) is 2.92. The van der Waals surface area contributed by atoms with E-state index in [1.54, 1.807) is 0 Å². The molecule has 4 aromatic rings. The number of pyridine rings is 1. The molecule has 0 aliphatic carbocycles. The summed E-state index contributed by atoms with van der Waals surface area (Å²) in [7, 11) is 0. The van der Waals surface area contributed by atoms with Crippen LogP contribution in [0.2, 0.25) is 0 Å². The molecule has 110 valence electrons. The van der Waals surface area contributed by atoms with E-state index in [0.29, 0.717) is 0 Å². The normalized spacial score (nSPS) is 10.6. The molecule has 23 heavy (non-hydrogen) atoms. The smallest absolute Gasteiger partial charge is 0.127 e. The molecule has 3 aromatic carbocycles. The maximum atomic E-state index is 5.82. The summed E-state index contributed by atoms with van der Waals surface area (Å²) in [6, 6.07) is 30.1. The largest absolute Gasteiger partial charge is 0.457 e. The van der Waals surface area contributed by atoms with Gasteiger partial charge in [-0.05, 0) is 48.5 Å². The monoisotopic (exact) mass is 297 g/mol. The summed E-state index contributed by atoms with van der Waals surface area (Å²) < 4.78 is 5.82. The summed E-state index contributed by atoms with van der Waals surface area (Å²) in [5.74, 6) is 1.66. The number of aromatic nitrogens is 1. The lowest BCUT2D eigenvalue weighted by molar-refractivity contribution is 0.483. The van der Waals surface area contributed by atoms with Gasteiger partial charge < -0.3 is 4.74 Å². The predicted molar refractivity (Wildman–Crippen MR) is 93.7 cm³/mol. The second kappa shape index (κ2) is 5.93. The quantitative estimate of drug-likeness (QED) is 0.484. The molecule has 2 heteroatoms. The third-order valence-electron chi connectivity index (χ3n) is 3.73.